The molecule has 7 heavy (non-hydrogen) atoms. The Morgan fingerprint density at radius 2 is 2.29 bits per heavy atom. The van der Waals surface area contributed by atoms with Crippen molar-refractivity contribution in [2.45, 2.75) is 0 Å². The van der Waals surface area contributed by atoms with Crippen molar-refractivity contribution >= 4 is 34.5 Å². The third-order valence-corrected chi connectivity index (χ3v) is 1.78. The fourth-order valence-electron chi connectivity index (χ4n) is 0.256. The lowest BCUT2D eigenvalue weighted by Crippen LogP contribution is -1.38. The van der Waals surface area contributed by atoms with Gasteiger partial charge in [-0.1, -0.05) is 23.2 Å². The van der Waals surface area contributed by atoms with E-state index in [9.17, 15) is 0 Å². The standard InChI is InChI=1S/C4HCl2S/c5-3-1-4(6)7-2-3/h1H. The van der Waals surface area contributed by atoms with Gasteiger partial charge in [-0.05, 0) is 6.07 Å². The van der Waals surface area contributed by atoms with Gasteiger partial charge in [0, 0.05) is 0 Å². The molecule has 1 radical (unpaired) electrons. The van der Waals surface area contributed by atoms with Crippen molar-refractivity contribution in [3.05, 3.63) is 20.8 Å². The Balaban J connectivity index is 3.04. The summed E-state index contributed by atoms with van der Waals surface area (Å²) in [7, 11) is 0. The predicted octanol–water partition coefficient (Wildman–Crippen LogP) is 2.86. The van der Waals surface area contributed by atoms with Crippen molar-refractivity contribution in [3.63, 3.8) is 0 Å². The summed E-state index contributed by atoms with van der Waals surface area (Å²) in [6.07, 6.45) is 0. The zero-order valence-electron chi connectivity index (χ0n) is 3.24. The topological polar surface area (TPSA) is 0 Å². The Labute approximate surface area is 55.7 Å². The van der Waals surface area contributed by atoms with Crippen LogP contribution < -0.4 is 0 Å². The Bertz CT molecular complexity index is 142. The molecular weight excluding hydrogens is 151 g/mol. The second-order valence-corrected chi connectivity index (χ2v) is 2.89. The number of hydrogen-bond acceptors (Lipinski definition) is 1. The smallest absolute Gasteiger partial charge is 0.0950 e. The van der Waals surface area contributed by atoms with E-state index in [1.54, 1.807) is 6.07 Å². The van der Waals surface area contributed by atoms with Gasteiger partial charge in [-0.25, -0.2) is 0 Å². The van der Waals surface area contributed by atoms with Gasteiger partial charge in [0.1, 0.15) is 0 Å². The minimum Gasteiger partial charge on any atom is -0.121 e. The Morgan fingerprint density at radius 1 is 1.57 bits per heavy atom. The van der Waals surface area contributed by atoms with Crippen LogP contribution >= 0.6 is 34.5 Å². The molecule has 0 saturated heterocycles. The van der Waals surface area contributed by atoms with E-state index in [1.807, 2.05) is 0 Å². The van der Waals surface area contributed by atoms with Gasteiger partial charge in [0.25, 0.3) is 0 Å². The maximum atomic E-state index is 5.46. The summed E-state index contributed by atoms with van der Waals surface area (Å²) in [5.41, 5.74) is 0. The molecule has 0 aliphatic rings. The summed E-state index contributed by atoms with van der Waals surface area (Å²) >= 11 is 12.2. The van der Waals surface area contributed by atoms with Gasteiger partial charge in [-0.3, -0.25) is 0 Å². The summed E-state index contributed by atoms with van der Waals surface area (Å²) in [6.45, 7) is 0. The zero-order valence-corrected chi connectivity index (χ0v) is 5.57. The third kappa shape index (κ3) is 1.34. The minimum atomic E-state index is 0.593. The Kier molecular flexibility index (Phi) is 1.57. The fraction of sp³-hybridized carbons (Fsp3) is 0. The van der Waals surface area contributed by atoms with Crippen LogP contribution in [-0.4, -0.2) is 0 Å². The van der Waals surface area contributed by atoms with Gasteiger partial charge in [0.05, 0.1) is 14.7 Å². The van der Waals surface area contributed by atoms with Crippen molar-refractivity contribution in [1.82, 2.24) is 0 Å². The van der Waals surface area contributed by atoms with Crippen molar-refractivity contribution in [3.8, 4) is 0 Å². The minimum absolute atomic E-state index is 0.593. The molecule has 0 aromatic carbocycles. The molecule has 0 unspecified atom stereocenters. The largest absolute Gasteiger partial charge is 0.121 e. The molecule has 1 aromatic heterocycles. The van der Waals surface area contributed by atoms with Crippen LogP contribution in [0.3, 0.4) is 0 Å². The van der Waals surface area contributed by atoms with Crippen molar-refractivity contribution < 1.29 is 0 Å². The van der Waals surface area contributed by atoms with Gasteiger partial charge in [-0.15, -0.1) is 11.3 Å². The highest BCUT2D eigenvalue weighted by Crippen LogP contribution is 2.22. The molecule has 3 heteroatoms. The lowest BCUT2D eigenvalue weighted by molar-refractivity contribution is 1.99. The van der Waals surface area contributed by atoms with Crippen LogP contribution in [-0.2, 0) is 0 Å². The maximum absolute atomic E-state index is 5.46. The molecule has 0 aliphatic heterocycles. The van der Waals surface area contributed by atoms with Gasteiger partial charge in [-0.2, -0.15) is 0 Å². The van der Waals surface area contributed by atoms with Crippen LogP contribution in [0.5, 0.6) is 0 Å². The summed E-state index contributed by atoms with van der Waals surface area (Å²) in [6, 6.07) is 1.66. The van der Waals surface area contributed by atoms with Crippen LogP contribution in [0.2, 0.25) is 9.36 Å². The van der Waals surface area contributed by atoms with E-state index in [0.717, 1.165) is 0 Å². The molecule has 0 aliphatic carbocycles. The van der Waals surface area contributed by atoms with E-state index >= 15 is 0 Å². The molecule has 0 fully saturated rings. The van der Waals surface area contributed by atoms with Gasteiger partial charge < -0.3 is 0 Å². The van der Waals surface area contributed by atoms with Crippen LogP contribution in [0.15, 0.2) is 6.07 Å². The first-order valence-electron chi connectivity index (χ1n) is 1.61. The van der Waals surface area contributed by atoms with Gasteiger partial charge in [0.15, 0.2) is 0 Å². The molecule has 0 spiro atoms. The summed E-state index contributed by atoms with van der Waals surface area (Å²) in [5, 5.41) is 3.34. The monoisotopic (exact) mass is 151 g/mol. The molecule has 0 N–H and O–H groups in total. The van der Waals surface area contributed by atoms with Crippen molar-refractivity contribution in [1.29, 1.82) is 0 Å². The van der Waals surface area contributed by atoms with Crippen LogP contribution in [0.4, 0.5) is 0 Å². The van der Waals surface area contributed by atoms with Crippen molar-refractivity contribution in [2.24, 2.45) is 0 Å². The number of halogens is 2. The third-order valence-electron chi connectivity index (χ3n) is 0.486. The Morgan fingerprint density at radius 3 is 2.43 bits per heavy atom. The summed E-state index contributed by atoms with van der Waals surface area (Å²) in [5.74, 6) is 0. The number of thiophene rings is 1. The lowest BCUT2D eigenvalue weighted by Gasteiger charge is -1.65. The van der Waals surface area contributed by atoms with Crippen LogP contribution in [0.25, 0.3) is 0 Å². The molecule has 1 aromatic rings. The normalized spacial score (nSPS) is 9.43. The van der Waals surface area contributed by atoms with E-state index in [-0.39, 0.29) is 0 Å². The zero-order chi connectivity index (χ0) is 5.28. The summed E-state index contributed by atoms with van der Waals surface area (Å²) in [4.78, 5) is 0. The highest BCUT2D eigenvalue weighted by molar-refractivity contribution is 7.14. The number of hydrogen-bond donors (Lipinski definition) is 0. The molecule has 0 bridgehead atoms. The molecule has 1 rings (SSSR count). The average Bonchev–Trinajstić information content (AvgIpc) is 1.87. The van der Waals surface area contributed by atoms with Crippen molar-refractivity contribution in [2.75, 3.05) is 0 Å². The van der Waals surface area contributed by atoms with Gasteiger partial charge >= 0.3 is 0 Å². The Hall–Kier alpha value is 0.280. The molecule has 0 saturated carbocycles. The van der Waals surface area contributed by atoms with E-state index in [1.165, 1.54) is 11.3 Å². The lowest BCUT2D eigenvalue weighted by atomic mass is 10.7. The molecular formula is C4HCl2S. The molecule has 1 heterocycles. The number of rotatable bonds is 0. The summed E-state index contributed by atoms with van der Waals surface area (Å²) < 4.78 is 0.685. The highest BCUT2D eigenvalue weighted by Gasteiger charge is 1.90. The SMILES string of the molecule is Clc1[c]sc(Cl)c1. The van der Waals surface area contributed by atoms with Gasteiger partial charge in [0.2, 0.25) is 0 Å². The highest BCUT2D eigenvalue weighted by atomic mass is 35.5. The van der Waals surface area contributed by atoms with E-state index in [2.05, 4.69) is 5.38 Å². The maximum Gasteiger partial charge on any atom is 0.0950 e. The first-order valence-corrected chi connectivity index (χ1v) is 3.19. The molecule has 0 amide bonds. The second-order valence-electron chi connectivity index (χ2n) is 1.00. The first-order chi connectivity index (χ1) is 3.29. The quantitative estimate of drug-likeness (QED) is 0.536. The molecule has 0 nitrogen and oxygen atoms in total. The van der Waals surface area contributed by atoms with Crippen LogP contribution in [0.1, 0.15) is 0 Å². The van der Waals surface area contributed by atoms with E-state index in [0.29, 0.717) is 9.36 Å². The van der Waals surface area contributed by atoms with E-state index in [4.69, 9.17) is 23.2 Å². The van der Waals surface area contributed by atoms with Crippen LogP contribution in [0, 0.1) is 5.38 Å². The average molecular weight is 152 g/mol. The fourth-order valence-corrected chi connectivity index (χ4v) is 1.26. The molecule has 37 valence electrons. The van der Waals surface area contributed by atoms with E-state index < -0.39 is 0 Å². The predicted molar refractivity (Wildman–Crippen MR) is 33.2 cm³/mol. The first kappa shape index (κ1) is 5.42. The second kappa shape index (κ2) is 2.03. The molecule has 0 atom stereocenters.